The van der Waals surface area contributed by atoms with Crippen LogP contribution < -0.4 is 0 Å². The molecule has 1 amide bonds. The van der Waals surface area contributed by atoms with Gasteiger partial charge in [-0.2, -0.15) is 0 Å². The van der Waals surface area contributed by atoms with Crippen LogP contribution in [0.4, 0.5) is 0 Å². The van der Waals surface area contributed by atoms with Crippen LogP contribution in [0.5, 0.6) is 0 Å². The molecule has 1 fully saturated rings. The van der Waals surface area contributed by atoms with Crippen LogP contribution in [0.15, 0.2) is 54.9 Å². The normalized spacial score (nSPS) is 17.5. The maximum atomic E-state index is 12.9. The summed E-state index contributed by atoms with van der Waals surface area (Å²) in [6.45, 7) is 3.22. The number of hydrogen-bond acceptors (Lipinski definition) is 3. The van der Waals surface area contributed by atoms with Gasteiger partial charge in [0.25, 0.3) is 0 Å². The fourth-order valence-electron chi connectivity index (χ4n) is 3.11. The first-order valence-corrected chi connectivity index (χ1v) is 9.15. The van der Waals surface area contributed by atoms with Crippen LogP contribution in [-0.4, -0.2) is 32.7 Å². The molecule has 5 heteroatoms. The van der Waals surface area contributed by atoms with Crippen molar-refractivity contribution in [3.05, 3.63) is 66.0 Å². The second kappa shape index (κ2) is 6.32. The highest BCUT2D eigenvalue weighted by Crippen LogP contribution is 2.38. The van der Waals surface area contributed by atoms with E-state index >= 15 is 0 Å². The fraction of sp³-hybridized carbons (Fsp3) is 0.263. The average molecular weight is 337 g/mol. The minimum atomic E-state index is 0.118. The van der Waals surface area contributed by atoms with Gasteiger partial charge in [0.15, 0.2) is 0 Å². The number of amides is 1. The van der Waals surface area contributed by atoms with Gasteiger partial charge in [-0.15, -0.1) is 11.8 Å². The highest BCUT2D eigenvalue weighted by Gasteiger charge is 2.30. The van der Waals surface area contributed by atoms with Gasteiger partial charge in [-0.3, -0.25) is 4.79 Å². The van der Waals surface area contributed by atoms with Gasteiger partial charge in [0.2, 0.25) is 5.91 Å². The van der Waals surface area contributed by atoms with Gasteiger partial charge in [-0.25, -0.2) is 4.98 Å². The van der Waals surface area contributed by atoms with Crippen molar-refractivity contribution in [2.45, 2.75) is 18.8 Å². The van der Waals surface area contributed by atoms with E-state index in [1.165, 1.54) is 11.1 Å². The molecule has 1 atom stereocenters. The first kappa shape index (κ1) is 15.3. The van der Waals surface area contributed by atoms with E-state index in [1.54, 1.807) is 6.33 Å². The van der Waals surface area contributed by atoms with E-state index in [9.17, 15) is 4.79 Å². The molecule has 4 nitrogen and oxygen atoms in total. The maximum absolute atomic E-state index is 12.9. The average Bonchev–Trinajstić information content (AvgIpc) is 3.23. The molecule has 2 heterocycles. The molecule has 0 spiro atoms. The van der Waals surface area contributed by atoms with Gasteiger partial charge in [0.05, 0.1) is 17.4 Å². The van der Waals surface area contributed by atoms with E-state index in [0.29, 0.717) is 6.54 Å². The summed E-state index contributed by atoms with van der Waals surface area (Å²) >= 11 is 1.83. The summed E-state index contributed by atoms with van der Waals surface area (Å²) in [4.78, 5) is 19.2. The number of fused-ring (bicyclic) bond motifs is 1. The zero-order valence-electron chi connectivity index (χ0n) is 13.6. The number of aryl methyl sites for hydroxylation is 1. The van der Waals surface area contributed by atoms with Crippen molar-refractivity contribution in [2.75, 3.05) is 12.3 Å². The molecule has 122 valence electrons. The second-order valence-electron chi connectivity index (χ2n) is 6.08. The molecule has 0 saturated carbocycles. The summed E-state index contributed by atoms with van der Waals surface area (Å²) < 4.78 is 1.94. The number of aromatic nitrogens is 2. The predicted molar refractivity (Wildman–Crippen MR) is 97.8 cm³/mol. The summed E-state index contributed by atoms with van der Waals surface area (Å²) in [5.41, 5.74) is 4.37. The molecule has 3 aromatic rings. The molecule has 0 radical (unpaired) electrons. The Balaban J connectivity index is 1.56. The number of thioether (sulfide) groups is 1. The van der Waals surface area contributed by atoms with Gasteiger partial charge < -0.3 is 9.47 Å². The number of imidazole rings is 1. The lowest BCUT2D eigenvalue weighted by molar-refractivity contribution is -0.131. The Morgan fingerprint density at radius 3 is 2.83 bits per heavy atom. The van der Waals surface area contributed by atoms with E-state index in [4.69, 9.17) is 0 Å². The van der Waals surface area contributed by atoms with Crippen molar-refractivity contribution < 1.29 is 4.79 Å². The van der Waals surface area contributed by atoms with Crippen LogP contribution in [0, 0.1) is 6.92 Å². The Kier molecular flexibility index (Phi) is 4.02. The van der Waals surface area contributed by atoms with E-state index in [1.807, 2.05) is 45.5 Å². The smallest absolute Gasteiger partial charge is 0.243 e. The number of nitrogens with zero attached hydrogens (tertiary/aromatic N) is 3. The molecule has 0 N–H and O–H groups in total. The molecule has 1 aliphatic heterocycles. The number of para-hydroxylation sites is 2. The Morgan fingerprint density at radius 1 is 1.21 bits per heavy atom. The first-order chi connectivity index (χ1) is 11.7. The van der Waals surface area contributed by atoms with Crippen LogP contribution in [0.1, 0.15) is 16.5 Å². The number of rotatable bonds is 3. The number of hydrogen-bond donors (Lipinski definition) is 0. The van der Waals surface area contributed by atoms with Gasteiger partial charge in [0, 0.05) is 12.3 Å². The fourth-order valence-corrected chi connectivity index (χ4v) is 4.38. The largest absolute Gasteiger partial charge is 0.324 e. The lowest BCUT2D eigenvalue weighted by Gasteiger charge is -2.24. The molecule has 24 heavy (non-hydrogen) atoms. The quantitative estimate of drug-likeness (QED) is 0.733. The van der Waals surface area contributed by atoms with Crippen molar-refractivity contribution >= 4 is 28.7 Å². The molecular formula is C19H19N3OS. The number of carbonyl (C=O) groups excluding carboxylic acids is 1. The summed E-state index contributed by atoms with van der Waals surface area (Å²) in [7, 11) is 0. The maximum Gasteiger partial charge on any atom is 0.243 e. The van der Waals surface area contributed by atoms with Crippen molar-refractivity contribution in [1.82, 2.24) is 14.5 Å². The molecular weight excluding hydrogens is 318 g/mol. The lowest BCUT2D eigenvalue weighted by Crippen LogP contribution is -2.33. The van der Waals surface area contributed by atoms with Crippen LogP contribution in [-0.2, 0) is 11.3 Å². The summed E-state index contributed by atoms with van der Waals surface area (Å²) in [5, 5.41) is 0.118. The molecule has 1 aromatic heterocycles. The van der Waals surface area contributed by atoms with Gasteiger partial charge >= 0.3 is 0 Å². The summed E-state index contributed by atoms with van der Waals surface area (Å²) in [5.74, 6) is 1.13. The lowest BCUT2D eigenvalue weighted by atomic mass is 10.1. The van der Waals surface area contributed by atoms with Crippen molar-refractivity contribution in [2.24, 2.45) is 0 Å². The highest BCUT2D eigenvalue weighted by molar-refractivity contribution is 7.99. The summed E-state index contributed by atoms with van der Waals surface area (Å²) in [6.07, 6.45) is 1.76. The molecule has 0 aliphatic carbocycles. The predicted octanol–water partition coefficient (Wildman–Crippen LogP) is 3.62. The minimum absolute atomic E-state index is 0.118. The van der Waals surface area contributed by atoms with Gasteiger partial charge in [-0.05, 0) is 24.6 Å². The minimum Gasteiger partial charge on any atom is -0.324 e. The van der Waals surface area contributed by atoms with Crippen LogP contribution >= 0.6 is 11.8 Å². The van der Waals surface area contributed by atoms with Crippen molar-refractivity contribution in [3.63, 3.8) is 0 Å². The Bertz CT molecular complexity index is 872. The van der Waals surface area contributed by atoms with E-state index in [0.717, 1.165) is 23.3 Å². The third-order valence-electron chi connectivity index (χ3n) is 4.41. The molecule has 1 unspecified atom stereocenters. The van der Waals surface area contributed by atoms with Crippen LogP contribution in [0.25, 0.3) is 11.0 Å². The van der Waals surface area contributed by atoms with E-state index in [-0.39, 0.29) is 11.3 Å². The topological polar surface area (TPSA) is 38.1 Å². The zero-order chi connectivity index (χ0) is 16.5. The van der Waals surface area contributed by atoms with E-state index < -0.39 is 0 Å². The zero-order valence-corrected chi connectivity index (χ0v) is 14.4. The second-order valence-corrected chi connectivity index (χ2v) is 7.27. The van der Waals surface area contributed by atoms with Gasteiger partial charge in [0.1, 0.15) is 11.9 Å². The molecule has 1 saturated heterocycles. The van der Waals surface area contributed by atoms with Gasteiger partial charge in [-0.1, -0.05) is 42.0 Å². The third kappa shape index (κ3) is 2.80. The molecule has 1 aliphatic rings. The van der Waals surface area contributed by atoms with Crippen LogP contribution in [0.3, 0.4) is 0 Å². The van der Waals surface area contributed by atoms with E-state index in [2.05, 4.69) is 36.2 Å². The SMILES string of the molecule is Cc1ccc(C2SCCN2C(=O)Cn2cnc3ccccc32)cc1. The van der Waals surface area contributed by atoms with Crippen LogP contribution in [0.2, 0.25) is 0 Å². The molecule has 0 bridgehead atoms. The highest BCUT2D eigenvalue weighted by atomic mass is 32.2. The Hall–Kier alpha value is -2.27. The third-order valence-corrected chi connectivity index (χ3v) is 5.67. The molecule has 4 rings (SSSR count). The molecule has 2 aromatic carbocycles. The monoisotopic (exact) mass is 337 g/mol. The first-order valence-electron chi connectivity index (χ1n) is 8.10. The Morgan fingerprint density at radius 2 is 2.00 bits per heavy atom. The van der Waals surface area contributed by atoms with Crippen molar-refractivity contribution in [1.29, 1.82) is 0 Å². The number of benzene rings is 2. The summed E-state index contributed by atoms with van der Waals surface area (Å²) in [6, 6.07) is 16.4. The van der Waals surface area contributed by atoms with Crippen molar-refractivity contribution in [3.8, 4) is 0 Å². The Labute approximate surface area is 145 Å². The standard InChI is InChI=1S/C19H19N3OS/c1-14-6-8-15(9-7-14)19-22(10-11-24-19)18(23)12-21-13-20-16-4-2-3-5-17(16)21/h2-9,13,19H,10-12H2,1H3. The number of carbonyl (C=O) groups is 1.